The minimum atomic E-state index is 0.435. The summed E-state index contributed by atoms with van der Waals surface area (Å²) in [5.74, 6) is 4.21. The van der Waals surface area contributed by atoms with Crippen molar-refractivity contribution in [2.24, 2.45) is 11.8 Å². The lowest BCUT2D eigenvalue weighted by molar-refractivity contribution is -0.00126. The third-order valence-corrected chi connectivity index (χ3v) is 7.31. The number of ether oxygens (including phenoxy) is 1. The van der Waals surface area contributed by atoms with E-state index < -0.39 is 0 Å². The maximum Gasteiger partial charge on any atom is 0.145 e. The standard InChI is InChI=1S/C24H29NO2/c1-2-4-21(20(3-1)17-7-8-17)23-22(24(27-25-23)18-9-10-18)14-26-19-12-15-5-6-16(11-15)13-19/h1-4,15-19H,5-14H2. The molecule has 2 unspecified atom stereocenters. The van der Waals surface area contributed by atoms with Crippen LogP contribution in [0.1, 0.15) is 86.5 Å². The van der Waals surface area contributed by atoms with Crippen molar-refractivity contribution in [2.45, 2.75) is 82.3 Å². The van der Waals surface area contributed by atoms with E-state index in [2.05, 4.69) is 29.4 Å². The molecule has 4 aliphatic carbocycles. The molecule has 4 saturated carbocycles. The summed E-state index contributed by atoms with van der Waals surface area (Å²) in [5.41, 5.74) is 5.02. The third-order valence-electron chi connectivity index (χ3n) is 7.31. The van der Waals surface area contributed by atoms with Crippen LogP contribution in [0.25, 0.3) is 11.3 Å². The molecular weight excluding hydrogens is 334 g/mol. The van der Waals surface area contributed by atoms with Crippen molar-refractivity contribution in [3.05, 3.63) is 41.2 Å². The fourth-order valence-corrected chi connectivity index (χ4v) is 5.59. The number of fused-ring (bicyclic) bond motifs is 2. The summed E-state index contributed by atoms with van der Waals surface area (Å²) in [7, 11) is 0. The Balaban J connectivity index is 1.29. The molecule has 3 heteroatoms. The van der Waals surface area contributed by atoms with E-state index in [1.165, 1.54) is 74.5 Å². The van der Waals surface area contributed by atoms with Crippen LogP contribution >= 0.6 is 0 Å². The van der Waals surface area contributed by atoms with Gasteiger partial charge in [0.15, 0.2) is 0 Å². The molecular formula is C24H29NO2. The van der Waals surface area contributed by atoms with Crippen LogP contribution in [0.4, 0.5) is 0 Å². The summed E-state index contributed by atoms with van der Waals surface area (Å²) in [6.45, 7) is 0.674. The zero-order chi connectivity index (χ0) is 17.8. The van der Waals surface area contributed by atoms with Crippen molar-refractivity contribution < 1.29 is 9.26 Å². The summed E-state index contributed by atoms with van der Waals surface area (Å²) in [6, 6.07) is 8.80. The van der Waals surface area contributed by atoms with E-state index in [9.17, 15) is 0 Å². The maximum atomic E-state index is 6.50. The van der Waals surface area contributed by atoms with Crippen LogP contribution in [0.2, 0.25) is 0 Å². The molecule has 0 N–H and O–H groups in total. The molecule has 0 aliphatic heterocycles. The summed E-state index contributed by atoms with van der Waals surface area (Å²) < 4.78 is 12.4. The van der Waals surface area contributed by atoms with Crippen molar-refractivity contribution >= 4 is 0 Å². The van der Waals surface area contributed by atoms with Gasteiger partial charge in [-0.2, -0.15) is 0 Å². The number of aromatic nitrogens is 1. The largest absolute Gasteiger partial charge is 0.373 e. The van der Waals surface area contributed by atoms with Crippen molar-refractivity contribution in [1.82, 2.24) is 5.16 Å². The first-order valence-corrected chi connectivity index (χ1v) is 11.0. The molecule has 0 amide bonds. The summed E-state index contributed by atoms with van der Waals surface area (Å²) in [6.07, 6.45) is 12.3. The van der Waals surface area contributed by atoms with Crippen LogP contribution in [-0.4, -0.2) is 11.3 Å². The summed E-state index contributed by atoms with van der Waals surface area (Å²) >= 11 is 0. The average molecular weight is 364 g/mol. The van der Waals surface area contributed by atoms with Gasteiger partial charge in [0.25, 0.3) is 0 Å². The Kier molecular flexibility index (Phi) is 3.92. The third kappa shape index (κ3) is 3.14. The molecule has 27 heavy (non-hydrogen) atoms. The Hall–Kier alpha value is -1.61. The van der Waals surface area contributed by atoms with Gasteiger partial charge in [-0.15, -0.1) is 0 Å². The van der Waals surface area contributed by atoms with Gasteiger partial charge in [0.2, 0.25) is 0 Å². The van der Waals surface area contributed by atoms with E-state index in [4.69, 9.17) is 9.26 Å². The van der Waals surface area contributed by atoms with Crippen LogP contribution in [0, 0.1) is 11.8 Å². The first-order valence-electron chi connectivity index (χ1n) is 11.0. The molecule has 4 fully saturated rings. The van der Waals surface area contributed by atoms with Gasteiger partial charge in [-0.3, -0.25) is 0 Å². The van der Waals surface area contributed by atoms with Crippen LogP contribution in [0.3, 0.4) is 0 Å². The highest BCUT2D eigenvalue weighted by Crippen LogP contribution is 2.48. The fourth-order valence-electron chi connectivity index (χ4n) is 5.59. The van der Waals surface area contributed by atoms with Gasteiger partial charge in [0, 0.05) is 17.0 Å². The second-order valence-electron chi connectivity index (χ2n) is 9.46. The van der Waals surface area contributed by atoms with Crippen LogP contribution < -0.4 is 0 Å². The first kappa shape index (κ1) is 16.4. The number of rotatable bonds is 6. The Morgan fingerprint density at radius 1 is 0.889 bits per heavy atom. The second kappa shape index (κ2) is 6.48. The van der Waals surface area contributed by atoms with Gasteiger partial charge in [-0.25, -0.2) is 0 Å². The minimum Gasteiger partial charge on any atom is -0.373 e. The van der Waals surface area contributed by atoms with Crippen LogP contribution in [-0.2, 0) is 11.3 Å². The number of benzene rings is 1. The van der Waals surface area contributed by atoms with Gasteiger partial charge >= 0.3 is 0 Å². The van der Waals surface area contributed by atoms with Crippen molar-refractivity contribution in [3.8, 4) is 11.3 Å². The fraction of sp³-hybridized carbons (Fsp3) is 0.625. The predicted octanol–water partition coefficient (Wildman–Crippen LogP) is 6.19. The number of hydrogen-bond acceptors (Lipinski definition) is 3. The SMILES string of the molecule is c1ccc(C2CC2)c(-c2noc(C3CC3)c2COC2CC3CCC(C3)C2)c1. The highest BCUT2D eigenvalue weighted by molar-refractivity contribution is 5.69. The topological polar surface area (TPSA) is 35.3 Å². The van der Waals surface area contributed by atoms with E-state index >= 15 is 0 Å². The van der Waals surface area contributed by atoms with Gasteiger partial charge in [-0.05, 0) is 68.3 Å². The Morgan fingerprint density at radius 2 is 1.63 bits per heavy atom. The molecule has 2 bridgehead atoms. The smallest absolute Gasteiger partial charge is 0.145 e. The second-order valence-corrected chi connectivity index (χ2v) is 9.46. The zero-order valence-electron chi connectivity index (χ0n) is 16.0. The number of hydrogen-bond donors (Lipinski definition) is 0. The van der Waals surface area contributed by atoms with Crippen molar-refractivity contribution in [1.29, 1.82) is 0 Å². The van der Waals surface area contributed by atoms with Crippen LogP contribution in [0.5, 0.6) is 0 Å². The molecule has 1 heterocycles. The van der Waals surface area contributed by atoms with Crippen LogP contribution in [0.15, 0.2) is 28.8 Å². The molecule has 2 aromatic rings. The lowest BCUT2D eigenvalue weighted by atomic mass is 9.87. The van der Waals surface area contributed by atoms with E-state index in [0.29, 0.717) is 24.5 Å². The van der Waals surface area contributed by atoms with Gasteiger partial charge in [-0.1, -0.05) is 42.3 Å². The highest BCUT2D eigenvalue weighted by Gasteiger charge is 2.37. The Bertz CT molecular complexity index is 821. The molecule has 0 radical (unpaired) electrons. The summed E-state index contributed by atoms with van der Waals surface area (Å²) in [4.78, 5) is 0. The molecule has 2 atom stereocenters. The van der Waals surface area contributed by atoms with E-state index in [-0.39, 0.29) is 0 Å². The van der Waals surface area contributed by atoms with Gasteiger partial charge < -0.3 is 9.26 Å². The van der Waals surface area contributed by atoms with E-state index in [0.717, 1.165) is 23.3 Å². The quantitative estimate of drug-likeness (QED) is 0.613. The average Bonchev–Trinajstić information content (AvgIpc) is 3.62. The van der Waals surface area contributed by atoms with E-state index in [1.54, 1.807) is 0 Å². The Labute approximate surface area is 161 Å². The summed E-state index contributed by atoms with van der Waals surface area (Å²) in [5, 5.41) is 4.57. The molecule has 6 rings (SSSR count). The molecule has 142 valence electrons. The van der Waals surface area contributed by atoms with Gasteiger partial charge in [0.05, 0.1) is 12.7 Å². The number of nitrogens with zero attached hydrogens (tertiary/aromatic N) is 1. The molecule has 1 aromatic carbocycles. The molecule has 3 nitrogen and oxygen atoms in total. The lowest BCUT2D eigenvalue weighted by Gasteiger charge is -2.27. The molecule has 0 spiro atoms. The predicted molar refractivity (Wildman–Crippen MR) is 105 cm³/mol. The first-order chi connectivity index (χ1) is 13.3. The monoisotopic (exact) mass is 363 g/mol. The maximum absolute atomic E-state index is 6.50. The van der Waals surface area contributed by atoms with Crippen molar-refractivity contribution in [2.75, 3.05) is 0 Å². The lowest BCUT2D eigenvalue weighted by Crippen LogP contribution is -2.23. The molecule has 4 aliphatic rings. The normalized spacial score (nSPS) is 30.0. The Morgan fingerprint density at radius 3 is 2.37 bits per heavy atom. The molecule has 0 saturated heterocycles. The zero-order valence-corrected chi connectivity index (χ0v) is 16.0. The minimum absolute atomic E-state index is 0.435. The molecule has 1 aromatic heterocycles. The van der Waals surface area contributed by atoms with E-state index in [1.807, 2.05) is 0 Å². The highest BCUT2D eigenvalue weighted by atomic mass is 16.5. The van der Waals surface area contributed by atoms with Gasteiger partial charge in [0.1, 0.15) is 11.5 Å². The van der Waals surface area contributed by atoms with Crippen molar-refractivity contribution in [3.63, 3.8) is 0 Å².